The SMILES string of the molecule is Clc1cccc(Br)c1CN1CCNCC1. The molecule has 1 aromatic rings. The Bertz CT molecular complexity index is 317. The zero-order valence-electron chi connectivity index (χ0n) is 8.47. The maximum absolute atomic E-state index is 6.18. The third-order valence-corrected chi connectivity index (χ3v) is 3.75. The molecular weight excluding hydrogens is 275 g/mol. The molecule has 1 saturated heterocycles. The minimum Gasteiger partial charge on any atom is -0.314 e. The van der Waals surface area contributed by atoms with Gasteiger partial charge in [-0.15, -0.1) is 0 Å². The van der Waals surface area contributed by atoms with Crippen LogP contribution in [-0.2, 0) is 6.54 Å². The highest BCUT2D eigenvalue weighted by Gasteiger charge is 2.13. The lowest BCUT2D eigenvalue weighted by Crippen LogP contribution is -2.42. The second-order valence-corrected chi connectivity index (χ2v) is 4.99. The molecule has 1 heterocycles. The number of nitrogens with zero attached hydrogens (tertiary/aromatic N) is 1. The number of hydrogen-bond acceptors (Lipinski definition) is 2. The van der Waals surface area contributed by atoms with Gasteiger partial charge in [0.1, 0.15) is 0 Å². The second-order valence-electron chi connectivity index (χ2n) is 3.73. The van der Waals surface area contributed by atoms with E-state index >= 15 is 0 Å². The average Bonchev–Trinajstić information content (AvgIpc) is 2.25. The number of piperazine rings is 1. The molecule has 0 radical (unpaired) electrons. The molecule has 0 aromatic heterocycles. The minimum absolute atomic E-state index is 0.850. The summed E-state index contributed by atoms with van der Waals surface area (Å²) in [4.78, 5) is 2.42. The van der Waals surface area contributed by atoms with Crippen LogP contribution < -0.4 is 5.32 Å². The summed E-state index contributed by atoms with van der Waals surface area (Å²) in [5.41, 5.74) is 1.20. The third-order valence-electron chi connectivity index (χ3n) is 2.65. The predicted molar refractivity (Wildman–Crippen MR) is 67.3 cm³/mol. The Labute approximate surface area is 104 Å². The fourth-order valence-electron chi connectivity index (χ4n) is 1.78. The lowest BCUT2D eigenvalue weighted by Gasteiger charge is -2.27. The van der Waals surface area contributed by atoms with Gasteiger partial charge in [0.2, 0.25) is 0 Å². The molecule has 0 bridgehead atoms. The molecule has 0 saturated carbocycles. The van der Waals surface area contributed by atoms with Crippen LogP contribution in [0.25, 0.3) is 0 Å². The smallest absolute Gasteiger partial charge is 0.0462 e. The molecule has 0 spiro atoms. The van der Waals surface area contributed by atoms with E-state index in [0.717, 1.165) is 42.2 Å². The Hall–Kier alpha value is -0.0900. The average molecular weight is 290 g/mol. The Balaban J connectivity index is 2.09. The number of benzene rings is 1. The standard InChI is InChI=1S/C11H14BrClN2/c12-10-2-1-3-11(13)9(10)8-15-6-4-14-5-7-15/h1-3,14H,4-8H2. The number of hydrogen-bond donors (Lipinski definition) is 1. The summed E-state index contributed by atoms with van der Waals surface area (Å²) in [6.45, 7) is 5.27. The van der Waals surface area contributed by atoms with Gasteiger partial charge in [0.15, 0.2) is 0 Å². The van der Waals surface area contributed by atoms with Crippen LogP contribution in [0.1, 0.15) is 5.56 Å². The zero-order chi connectivity index (χ0) is 10.7. The summed E-state index contributed by atoms with van der Waals surface area (Å²) < 4.78 is 1.11. The van der Waals surface area contributed by atoms with Crippen LogP contribution in [0.5, 0.6) is 0 Å². The van der Waals surface area contributed by atoms with E-state index in [9.17, 15) is 0 Å². The summed E-state index contributed by atoms with van der Waals surface area (Å²) in [5, 5.41) is 4.19. The van der Waals surface area contributed by atoms with Gasteiger partial charge in [-0.2, -0.15) is 0 Å². The molecular formula is C11H14BrClN2. The highest BCUT2D eigenvalue weighted by molar-refractivity contribution is 9.10. The van der Waals surface area contributed by atoms with E-state index in [1.807, 2.05) is 18.2 Å². The lowest BCUT2D eigenvalue weighted by atomic mass is 10.2. The summed E-state index contributed by atoms with van der Waals surface area (Å²) >= 11 is 9.72. The van der Waals surface area contributed by atoms with Gasteiger partial charge < -0.3 is 5.32 Å². The molecule has 0 atom stereocenters. The van der Waals surface area contributed by atoms with Gasteiger partial charge in [0.25, 0.3) is 0 Å². The Morgan fingerprint density at radius 2 is 2.07 bits per heavy atom. The Morgan fingerprint density at radius 1 is 1.33 bits per heavy atom. The summed E-state index contributed by atoms with van der Waals surface area (Å²) in [7, 11) is 0. The predicted octanol–water partition coefficient (Wildman–Crippen LogP) is 2.51. The fraction of sp³-hybridized carbons (Fsp3) is 0.455. The molecule has 1 fully saturated rings. The van der Waals surface area contributed by atoms with Crippen LogP contribution in [0.15, 0.2) is 22.7 Å². The van der Waals surface area contributed by atoms with Crippen LogP contribution in [0, 0.1) is 0 Å². The maximum Gasteiger partial charge on any atom is 0.0462 e. The van der Waals surface area contributed by atoms with Gasteiger partial charge in [-0.1, -0.05) is 33.6 Å². The molecule has 0 amide bonds. The van der Waals surface area contributed by atoms with Crippen molar-refractivity contribution in [3.63, 3.8) is 0 Å². The molecule has 0 aliphatic carbocycles. The first-order valence-corrected chi connectivity index (χ1v) is 6.30. The van der Waals surface area contributed by atoms with E-state index < -0.39 is 0 Å². The van der Waals surface area contributed by atoms with Crippen molar-refractivity contribution in [3.8, 4) is 0 Å². The van der Waals surface area contributed by atoms with Crippen LogP contribution in [0.4, 0.5) is 0 Å². The van der Waals surface area contributed by atoms with E-state index in [1.165, 1.54) is 5.56 Å². The third kappa shape index (κ3) is 2.94. The largest absolute Gasteiger partial charge is 0.314 e. The second kappa shape index (κ2) is 5.30. The molecule has 1 N–H and O–H groups in total. The lowest BCUT2D eigenvalue weighted by molar-refractivity contribution is 0.233. The van der Waals surface area contributed by atoms with Gasteiger partial charge in [-0.3, -0.25) is 4.90 Å². The van der Waals surface area contributed by atoms with Crippen molar-refractivity contribution < 1.29 is 0 Å². The quantitative estimate of drug-likeness (QED) is 0.900. The van der Waals surface area contributed by atoms with Crippen molar-refractivity contribution in [2.24, 2.45) is 0 Å². The van der Waals surface area contributed by atoms with E-state index in [2.05, 4.69) is 26.1 Å². The van der Waals surface area contributed by atoms with E-state index in [0.29, 0.717) is 0 Å². The maximum atomic E-state index is 6.18. The number of rotatable bonds is 2. The van der Waals surface area contributed by atoms with Gasteiger partial charge in [0, 0.05) is 42.2 Å². The van der Waals surface area contributed by atoms with Crippen LogP contribution in [-0.4, -0.2) is 31.1 Å². The molecule has 1 aromatic carbocycles. The first-order valence-electron chi connectivity index (χ1n) is 5.13. The van der Waals surface area contributed by atoms with E-state index in [4.69, 9.17) is 11.6 Å². The van der Waals surface area contributed by atoms with Gasteiger partial charge in [0.05, 0.1) is 0 Å². The molecule has 2 rings (SSSR count). The van der Waals surface area contributed by atoms with Crippen molar-refractivity contribution in [1.29, 1.82) is 0 Å². The van der Waals surface area contributed by atoms with Crippen LogP contribution >= 0.6 is 27.5 Å². The summed E-state index contributed by atoms with van der Waals surface area (Å²) in [6.07, 6.45) is 0. The normalized spacial score (nSPS) is 18.0. The van der Waals surface area contributed by atoms with Crippen molar-refractivity contribution in [3.05, 3.63) is 33.3 Å². The van der Waals surface area contributed by atoms with Crippen molar-refractivity contribution in [2.75, 3.05) is 26.2 Å². The molecule has 15 heavy (non-hydrogen) atoms. The van der Waals surface area contributed by atoms with Crippen molar-refractivity contribution >= 4 is 27.5 Å². The van der Waals surface area contributed by atoms with Gasteiger partial charge >= 0.3 is 0 Å². The summed E-state index contributed by atoms with van der Waals surface area (Å²) in [5.74, 6) is 0. The first-order chi connectivity index (χ1) is 7.27. The van der Waals surface area contributed by atoms with Crippen LogP contribution in [0.2, 0.25) is 5.02 Å². The van der Waals surface area contributed by atoms with Crippen LogP contribution in [0.3, 0.4) is 0 Å². The van der Waals surface area contributed by atoms with Gasteiger partial charge in [-0.25, -0.2) is 0 Å². The van der Waals surface area contributed by atoms with Crippen molar-refractivity contribution in [1.82, 2.24) is 10.2 Å². The monoisotopic (exact) mass is 288 g/mol. The molecule has 1 aliphatic heterocycles. The topological polar surface area (TPSA) is 15.3 Å². The highest BCUT2D eigenvalue weighted by Crippen LogP contribution is 2.26. The van der Waals surface area contributed by atoms with E-state index in [1.54, 1.807) is 0 Å². The minimum atomic E-state index is 0.850. The van der Waals surface area contributed by atoms with Gasteiger partial charge in [-0.05, 0) is 17.7 Å². The molecule has 82 valence electrons. The van der Waals surface area contributed by atoms with Crippen molar-refractivity contribution in [2.45, 2.75) is 6.54 Å². The molecule has 0 unspecified atom stereocenters. The first kappa shape index (κ1) is 11.4. The Kier molecular flexibility index (Phi) is 4.03. The van der Waals surface area contributed by atoms with E-state index in [-0.39, 0.29) is 0 Å². The zero-order valence-corrected chi connectivity index (χ0v) is 10.8. The number of halogens is 2. The molecule has 1 aliphatic rings. The fourth-order valence-corrected chi connectivity index (χ4v) is 2.62. The number of nitrogens with one attached hydrogen (secondary N) is 1. The highest BCUT2D eigenvalue weighted by atomic mass is 79.9. The Morgan fingerprint density at radius 3 is 2.73 bits per heavy atom. The molecule has 2 nitrogen and oxygen atoms in total. The molecule has 4 heteroatoms. The summed E-state index contributed by atoms with van der Waals surface area (Å²) in [6, 6.07) is 5.96.